The molecule has 2 heterocycles. The summed E-state index contributed by atoms with van der Waals surface area (Å²) in [6, 6.07) is 19.5. The summed E-state index contributed by atoms with van der Waals surface area (Å²) >= 11 is 3.40. The second kappa shape index (κ2) is 9.67. The molecule has 0 aliphatic heterocycles. The Morgan fingerprint density at radius 1 is 1.17 bits per heavy atom. The molecule has 0 amide bonds. The van der Waals surface area contributed by atoms with Crippen LogP contribution in [0.15, 0.2) is 85.5 Å². The van der Waals surface area contributed by atoms with Crippen LogP contribution in [-0.2, 0) is 4.79 Å². The van der Waals surface area contributed by atoms with Crippen molar-refractivity contribution in [2.45, 2.75) is 0 Å². The molecule has 2 aromatic heterocycles. The van der Waals surface area contributed by atoms with Crippen molar-refractivity contribution in [3.63, 3.8) is 0 Å². The van der Waals surface area contributed by atoms with E-state index in [9.17, 15) is 9.59 Å². The Hall–Kier alpha value is -4.44. The quantitative estimate of drug-likeness (QED) is 0.287. The molecule has 5 aromatic rings. The minimum atomic E-state index is -1.15. The first-order chi connectivity index (χ1) is 17.4. The fourth-order valence-corrected chi connectivity index (χ4v) is 4.18. The first-order valence-electron chi connectivity index (χ1n) is 10.7. The second-order valence-corrected chi connectivity index (χ2v) is 8.59. The van der Waals surface area contributed by atoms with Crippen molar-refractivity contribution in [1.29, 1.82) is 0 Å². The van der Waals surface area contributed by atoms with Crippen molar-refractivity contribution in [3.05, 3.63) is 87.1 Å². The van der Waals surface area contributed by atoms with Crippen LogP contribution >= 0.6 is 15.9 Å². The van der Waals surface area contributed by atoms with Crippen molar-refractivity contribution in [1.82, 2.24) is 9.66 Å². The fourth-order valence-electron chi connectivity index (χ4n) is 3.73. The molecular weight excluding hydrogens is 530 g/mol. The highest BCUT2D eigenvalue weighted by Crippen LogP contribution is 2.34. The summed E-state index contributed by atoms with van der Waals surface area (Å²) in [5, 5.41) is 14.7. The van der Waals surface area contributed by atoms with Crippen molar-refractivity contribution < 1.29 is 23.8 Å². The maximum atomic E-state index is 13.5. The van der Waals surface area contributed by atoms with E-state index in [1.165, 1.54) is 13.3 Å². The number of hydrogen-bond acceptors (Lipinski definition) is 7. The number of aromatic nitrogens is 2. The van der Waals surface area contributed by atoms with Crippen LogP contribution in [0.5, 0.6) is 11.5 Å². The van der Waals surface area contributed by atoms with E-state index in [1.54, 1.807) is 42.5 Å². The number of para-hydroxylation sites is 2. The van der Waals surface area contributed by atoms with Crippen LogP contribution < -0.4 is 15.0 Å². The molecule has 180 valence electrons. The van der Waals surface area contributed by atoms with Gasteiger partial charge in [0.2, 0.25) is 5.82 Å². The predicted octanol–water partition coefficient (Wildman–Crippen LogP) is 4.93. The van der Waals surface area contributed by atoms with E-state index in [2.05, 4.69) is 26.0 Å². The van der Waals surface area contributed by atoms with Gasteiger partial charge in [0.15, 0.2) is 23.9 Å². The fraction of sp³-hybridized carbons (Fsp3) is 0.0769. The summed E-state index contributed by atoms with van der Waals surface area (Å²) in [6.07, 6.45) is 1.38. The Labute approximate surface area is 212 Å². The molecule has 0 bridgehead atoms. The molecule has 0 unspecified atom stereocenters. The number of hydrogen-bond donors (Lipinski definition) is 1. The van der Waals surface area contributed by atoms with Crippen LogP contribution in [-0.4, -0.2) is 40.7 Å². The molecule has 10 heteroatoms. The van der Waals surface area contributed by atoms with E-state index in [1.807, 2.05) is 24.3 Å². The molecule has 0 saturated heterocycles. The van der Waals surface area contributed by atoms with Crippen LogP contribution in [0.1, 0.15) is 5.56 Å². The van der Waals surface area contributed by atoms with E-state index in [0.717, 1.165) is 10.1 Å². The lowest BCUT2D eigenvalue weighted by atomic mass is 10.2. The third kappa shape index (κ3) is 4.46. The van der Waals surface area contributed by atoms with Crippen LogP contribution in [0.25, 0.3) is 33.5 Å². The van der Waals surface area contributed by atoms with Crippen LogP contribution in [0.4, 0.5) is 0 Å². The minimum absolute atomic E-state index is 0.166. The van der Waals surface area contributed by atoms with Crippen LogP contribution in [0.2, 0.25) is 0 Å². The molecule has 36 heavy (non-hydrogen) atoms. The number of fused-ring (bicyclic) bond motifs is 2. The number of aliphatic carboxylic acids is 1. The summed E-state index contributed by atoms with van der Waals surface area (Å²) in [6.45, 7) is -0.583. The molecule has 9 nitrogen and oxygen atoms in total. The number of carboxylic acid groups (broad SMARTS) is 1. The summed E-state index contributed by atoms with van der Waals surface area (Å²) < 4.78 is 18.6. The van der Waals surface area contributed by atoms with Gasteiger partial charge in [0.25, 0.3) is 5.56 Å². The third-order valence-corrected chi connectivity index (χ3v) is 5.78. The number of ether oxygens (including phenoxy) is 2. The lowest BCUT2D eigenvalue weighted by Gasteiger charge is -2.13. The van der Waals surface area contributed by atoms with Gasteiger partial charge in [-0.1, -0.05) is 46.3 Å². The topological polar surface area (TPSA) is 116 Å². The van der Waals surface area contributed by atoms with E-state index in [0.29, 0.717) is 38.0 Å². The lowest BCUT2D eigenvalue weighted by molar-refractivity contribution is -0.139. The number of carbonyl (C=O) groups is 1. The van der Waals surface area contributed by atoms with E-state index >= 15 is 0 Å². The van der Waals surface area contributed by atoms with Crippen molar-refractivity contribution in [2.75, 3.05) is 13.7 Å². The van der Waals surface area contributed by atoms with Gasteiger partial charge in [-0.15, -0.1) is 0 Å². The summed E-state index contributed by atoms with van der Waals surface area (Å²) in [4.78, 5) is 29.2. The Morgan fingerprint density at radius 2 is 1.94 bits per heavy atom. The van der Waals surface area contributed by atoms with E-state index in [-0.39, 0.29) is 11.6 Å². The Morgan fingerprint density at radius 3 is 2.72 bits per heavy atom. The smallest absolute Gasteiger partial charge is 0.341 e. The zero-order valence-electron chi connectivity index (χ0n) is 18.8. The molecule has 0 aliphatic carbocycles. The van der Waals surface area contributed by atoms with E-state index < -0.39 is 18.1 Å². The molecule has 5 rings (SSSR count). The van der Waals surface area contributed by atoms with Gasteiger partial charge >= 0.3 is 5.97 Å². The number of benzene rings is 3. The molecule has 0 atom stereocenters. The van der Waals surface area contributed by atoms with Crippen LogP contribution in [0, 0.1) is 0 Å². The predicted molar refractivity (Wildman–Crippen MR) is 138 cm³/mol. The molecule has 3 aromatic carbocycles. The van der Waals surface area contributed by atoms with Gasteiger partial charge < -0.3 is 19.0 Å². The Kier molecular flexibility index (Phi) is 6.26. The maximum Gasteiger partial charge on any atom is 0.341 e. The number of methoxy groups -OCH3 is 1. The summed E-state index contributed by atoms with van der Waals surface area (Å²) in [7, 11) is 1.44. The molecule has 0 spiro atoms. The number of rotatable bonds is 7. The standard InChI is InChI=1S/C26H18BrN3O6/c1-34-21-12-17(27)10-16(24(21)35-14-23(31)32)13-28-30-25(22-11-15-6-2-5-9-20(15)36-22)29-19-8-4-3-7-18(19)26(30)33/h2-13H,14H2,1H3,(H,31,32). The maximum absolute atomic E-state index is 13.5. The minimum Gasteiger partial charge on any atom is -0.493 e. The number of furan rings is 1. The molecule has 0 radical (unpaired) electrons. The largest absolute Gasteiger partial charge is 0.493 e. The van der Waals surface area contributed by atoms with Crippen LogP contribution in [0.3, 0.4) is 0 Å². The molecule has 0 saturated carbocycles. The SMILES string of the molecule is COc1cc(Br)cc(C=Nn2c(-c3cc4ccccc4o3)nc3ccccc3c2=O)c1OCC(=O)O. The van der Waals surface area contributed by atoms with Gasteiger partial charge in [0.05, 0.1) is 24.2 Å². The molecule has 0 fully saturated rings. The van der Waals surface area contributed by atoms with Gasteiger partial charge in [-0.25, -0.2) is 9.78 Å². The summed E-state index contributed by atoms with van der Waals surface area (Å²) in [5.74, 6) is -0.107. The Balaban J connectivity index is 1.70. The van der Waals surface area contributed by atoms with Gasteiger partial charge in [0.1, 0.15) is 5.58 Å². The Bertz CT molecular complexity index is 1670. The normalized spacial score (nSPS) is 11.4. The molecule has 1 N–H and O–H groups in total. The highest BCUT2D eigenvalue weighted by Gasteiger charge is 2.18. The average Bonchev–Trinajstić information content (AvgIpc) is 3.31. The van der Waals surface area contributed by atoms with Crippen molar-refractivity contribution in [2.24, 2.45) is 5.10 Å². The third-order valence-electron chi connectivity index (χ3n) is 5.32. The van der Waals surface area contributed by atoms with Gasteiger partial charge in [-0.3, -0.25) is 4.79 Å². The average molecular weight is 548 g/mol. The number of halogens is 1. The summed E-state index contributed by atoms with van der Waals surface area (Å²) in [5.41, 5.74) is 1.13. The zero-order chi connectivity index (χ0) is 25.2. The van der Waals surface area contributed by atoms with Gasteiger partial charge in [-0.05, 0) is 36.4 Å². The first-order valence-corrected chi connectivity index (χ1v) is 11.5. The first kappa shape index (κ1) is 23.3. The highest BCUT2D eigenvalue weighted by atomic mass is 79.9. The number of carboxylic acids is 1. The molecular formula is C26H18BrN3O6. The van der Waals surface area contributed by atoms with Gasteiger partial charge in [0, 0.05) is 15.4 Å². The van der Waals surface area contributed by atoms with E-state index in [4.69, 9.17) is 19.0 Å². The van der Waals surface area contributed by atoms with Crippen molar-refractivity contribution in [3.8, 4) is 23.1 Å². The molecule has 0 aliphatic rings. The lowest BCUT2D eigenvalue weighted by Crippen LogP contribution is -2.20. The monoisotopic (exact) mass is 547 g/mol. The number of nitrogens with zero attached hydrogens (tertiary/aromatic N) is 3. The van der Waals surface area contributed by atoms with Gasteiger partial charge in [-0.2, -0.15) is 9.78 Å². The second-order valence-electron chi connectivity index (χ2n) is 7.67. The zero-order valence-corrected chi connectivity index (χ0v) is 20.4. The van der Waals surface area contributed by atoms with Crippen molar-refractivity contribution >= 4 is 50.0 Å². The highest BCUT2D eigenvalue weighted by molar-refractivity contribution is 9.10.